The van der Waals surface area contributed by atoms with Crippen molar-refractivity contribution in [1.82, 2.24) is 15.1 Å². The summed E-state index contributed by atoms with van der Waals surface area (Å²) >= 11 is 0. The third-order valence-corrected chi connectivity index (χ3v) is 4.13. The topological polar surface area (TPSA) is 67.2 Å². The Bertz CT molecular complexity index is 468. The van der Waals surface area contributed by atoms with Crippen LogP contribution in [0.15, 0.2) is 0 Å². The Hall–Kier alpha value is -1.36. The highest BCUT2D eigenvalue weighted by Crippen LogP contribution is 2.23. The Balaban J connectivity index is 1.97. The molecule has 5 heteroatoms. The molecule has 1 aromatic heterocycles. The van der Waals surface area contributed by atoms with Crippen LogP contribution in [-0.2, 0) is 7.05 Å². The maximum Gasteiger partial charge on any atom is 0.255 e. The molecule has 1 fully saturated rings. The molecule has 2 atom stereocenters. The smallest absolute Gasteiger partial charge is 0.255 e. The molecule has 0 radical (unpaired) electrons. The Morgan fingerprint density at radius 3 is 2.68 bits per heavy atom. The van der Waals surface area contributed by atoms with Crippen LogP contribution in [0.1, 0.15) is 47.4 Å². The van der Waals surface area contributed by atoms with Gasteiger partial charge in [0.25, 0.3) is 5.91 Å². The van der Waals surface area contributed by atoms with Crippen molar-refractivity contribution in [3.8, 4) is 0 Å². The monoisotopic (exact) mass is 265 g/mol. The summed E-state index contributed by atoms with van der Waals surface area (Å²) in [5.41, 5.74) is 2.29. The Morgan fingerprint density at radius 2 is 2.11 bits per heavy atom. The van der Waals surface area contributed by atoms with Crippen LogP contribution in [0.4, 0.5) is 0 Å². The van der Waals surface area contributed by atoms with Crippen LogP contribution in [0.3, 0.4) is 0 Å². The zero-order valence-electron chi connectivity index (χ0n) is 11.9. The quantitative estimate of drug-likeness (QED) is 0.866. The van der Waals surface area contributed by atoms with Crippen LogP contribution in [0.25, 0.3) is 0 Å². The number of nitrogens with zero attached hydrogens (tertiary/aromatic N) is 2. The number of aliphatic hydroxyl groups is 1. The fourth-order valence-corrected chi connectivity index (χ4v) is 2.84. The molecule has 1 amide bonds. The van der Waals surface area contributed by atoms with E-state index in [-0.39, 0.29) is 17.9 Å². The van der Waals surface area contributed by atoms with Crippen molar-refractivity contribution in [1.29, 1.82) is 0 Å². The number of aryl methyl sites for hydroxylation is 2. The van der Waals surface area contributed by atoms with Crippen LogP contribution in [0.5, 0.6) is 0 Å². The van der Waals surface area contributed by atoms with Crippen molar-refractivity contribution in [3.63, 3.8) is 0 Å². The second-order valence-corrected chi connectivity index (χ2v) is 5.49. The molecule has 1 aliphatic rings. The first kappa shape index (κ1) is 14.1. The number of aromatic nitrogens is 2. The van der Waals surface area contributed by atoms with Crippen molar-refractivity contribution in [2.45, 2.75) is 45.6 Å². The number of carbonyl (C=O) groups is 1. The third kappa shape index (κ3) is 2.97. The predicted molar refractivity (Wildman–Crippen MR) is 73.0 cm³/mol. The lowest BCUT2D eigenvalue weighted by Crippen LogP contribution is -2.37. The maximum absolute atomic E-state index is 12.2. The van der Waals surface area contributed by atoms with Crippen LogP contribution < -0.4 is 5.32 Å². The third-order valence-electron chi connectivity index (χ3n) is 4.13. The van der Waals surface area contributed by atoms with Gasteiger partial charge in [0.2, 0.25) is 0 Å². The number of hydrogen-bond acceptors (Lipinski definition) is 3. The largest absolute Gasteiger partial charge is 0.393 e. The lowest BCUT2D eigenvalue weighted by molar-refractivity contribution is 0.0662. The van der Waals surface area contributed by atoms with Gasteiger partial charge >= 0.3 is 0 Å². The van der Waals surface area contributed by atoms with Crippen molar-refractivity contribution in [3.05, 3.63) is 17.0 Å². The van der Waals surface area contributed by atoms with E-state index in [1.165, 1.54) is 0 Å². The minimum atomic E-state index is -0.273. The molecular weight excluding hydrogens is 242 g/mol. The van der Waals surface area contributed by atoms with Gasteiger partial charge in [-0.2, -0.15) is 5.10 Å². The molecule has 0 bridgehead atoms. The van der Waals surface area contributed by atoms with Crippen LogP contribution in [-0.4, -0.2) is 33.4 Å². The fourth-order valence-electron chi connectivity index (χ4n) is 2.84. The summed E-state index contributed by atoms with van der Waals surface area (Å²) < 4.78 is 1.72. The van der Waals surface area contributed by atoms with Crippen molar-refractivity contribution in [2.24, 2.45) is 13.0 Å². The van der Waals surface area contributed by atoms with E-state index in [2.05, 4.69) is 10.4 Å². The number of carbonyl (C=O) groups excluding carboxylic acids is 1. The highest BCUT2D eigenvalue weighted by atomic mass is 16.3. The van der Waals surface area contributed by atoms with Crippen LogP contribution >= 0.6 is 0 Å². The molecule has 1 heterocycles. The molecule has 2 unspecified atom stereocenters. The van der Waals surface area contributed by atoms with Crippen molar-refractivity contribution < 1.29 is 9.90 Å². The maximum atomic E-state index is 12.2. The molecule has 0 spiro atoms. The molecule has 0 aliphatic heterocycles. The molecule has 0 aromatic carbocycles. The molecule has 1 saturated carbocycles. The van der Waals surface area contributed by atoms with Crippen LogP contribution in [0.2, 0.25) is 0 Å². The molecule has 19 heavy (non-hydrogen) atoms. The molecule has 5 nitrogen and oxygen atoms in total. The highest BCUT2D eigenvalue weighted by molar-refractivity contribution is 5.96. The normalized spacial score (nSPS) is 23.4. The highest BCUT2D eigenvalue weighted by Gasteiger charge is 2.24. The average Bonchev–Trinajstić information content (AvgIpc) is 2.62. The minimum absolute atomic E-state index is 0.0825. The molecule has 106 valence electrons. The van der Waals surface area contributed by atoms with E-state index in [1.54, 1.807) is 4.68 Å². The van der Waals surface area contributed by atoms with E-state index in [4.69, 9.17) is 0 Å². The second-order valence-electron chi connectivity index (χ2n) is 5.49. The molecule has 2 rings (SSSR count). The lowest BCUT2D eigenvalue weighted by Gasteiger charge is -2.27. The first-order valence-electron chi connectivity index (χ1n) is 6.97. The van der Waals surface area contributed by atoms with Crippen LogP contribution in [0, 0.1) is 19.8 Å². The Labute approximate surface area is 114 Å². The van der Waals surface area contributed by atoms with Gasteiger partial charge in [-0.3, -0.25) is 9.48 Å². The van der Waals surface area contributed by atoms with E-state index in [9.17, 15) is 9.90 Å². The van der Waals surface area contributed by atoms with Gasteiger partial charge in [-0.25, -0.2) is 0 Å². The van der Waals surface area contributed by atoms with E-state index < -0.39 is 0 Å². The summed E-state index contributed by atoms with van der Waals surface area (Å²) in [4.78, 5) is 12.2. The number of hydrogen-bond donors (Lipinski definition) is 2. The van der Waals surface area contributed by atoms with Crippen molar-refractivity contribution in [2.75, 3.05) is 6.54 Å². The van der Waals surface area contributed by atoms with Crippen molar-refractivity contribution >= 4 is 5.91 Å². The molecular formula is C14H23N3O2. The van der Waals surface area contributed by atoms with Gasteiger partial charge in [0, 0.05) is 25.2 Å². The van der Waals surface area contributed by atoms with E-state index >= 15 is 0 Å². The number of rotatable bonds is 3. The number of aliphatic hydroxyl groups excluding tert-OH is 1. The minimum Gasteiger partial charge on any atom is -0.393 e. The van der Waals surface area contributed by atoms with Gasteiger partial charge in [-0.05, 0) is 26.7 Å². The summed E-state index contributed by atoms with van der Waals surface area (Å²) in [5.74, 6) is 0.107. The van der Waals surface area contributed by atoms with Gasteiger partial charge < -0.3 is 10.4 Å². The molecule has 2 N–H and O–H groups in total. The Kier molecular flexibility index (Phi) is 4.24. The molecule has 1 aromatic rings. The summed E-state index contributed by atoms with van der Waals surface area (Å²) in [7, 11) is 1.84. The number of nitrogens with one attached hydrogen (secondary N) is 1. The van der Waals surface area contributed by atoms with Gasteiger partial charge in [-0.15, -0.1) is 0 Å². The Morgan fingerprint density at radius 1 is 1.42 bits per heavy atom. The molecule has 0 saturated heterocycles. The predicted octanol–water partition coefficient (Wildman–Crippen LogP) is 1.32. The zero-order valence-corrected chi connectivity index (χ0v) is 11.9. The standard InChI is InChI=1S/C14H23N3O2/c1-9-13(10(2)17(3)16-9)14(19)15-8-11-6-4-5-7-12(11)18/h11-12,18H,4-8H2,1-3H3,(H,15,19). The van der Waals surface area contributed by atoms with E-state index in [0.29, 0.717) is 12.1 Å². The number of amides is 1. The summed E-state index contributed by atoms with van der Waals surface area (Å²) in [6, 6.07) is 0. The summed E-state index contributed by atoms with van der Waals surface area (Å²) in [6.45, 7) is 4.29. The SMILES string of the molecule is Cc1nn(C)c(C)c1C(=O)NCC1CCCCC1O. The lowest BCUT2D eigenvalue weighted by atomic mass is 9.86. The summed E-state index contributed by atoms with van der Waals surface area (Å²) in [5, 5.41) is 17.1. The van der Waals surface area contributed by atoms with Gasteiger partial charge in [0.05, 0.1) is 17.4 Å². The van der Waals surface area contributed by atoms with Gasteiger partial charge in [-0.1, -0.05) is 12.8 Å². The average molecular weight is 265 g/mol. The second kappa shape index (κ2) is 5.74. The zero-order chi connectivity index (χ0) is 14.0. The van der Waals surface area contributed by atoms with E-state index in [1.807, 2.05) is 20.9 Å². The fraction of sp³-hybridized carbons (Fsp3) is 0.714. The van der Waals surface area contributed by atoms with Gasteiger partial charge in [0.15, 0.2) is 0 Å². The molecule has 1 aliphatic carbocycles. The first-order chi connectivity index (χ1) is 9.00. The van der Waals surface area contributed by atoms with Gasteiger partial charge in [0.1, 0.15) is 0 Å². The first-order valence-corrected chi connectivity index (χ1v) is 6.97. The van der Waals surface area contributed by atoms with E-state index in [0.717, 1.165) is 37.1 Å². The summed E-state index contributed by atoms with van der Waals surface area (Å²) in [6.07, 6.45) is 3.80.